The molecule has 2 aromatic rings. The zero-order chi connectivity index (χ0) is 23.1. The highest BCUT2D eigenvalue weighted by Crippen LogP contribution is 2.33. The van der Waals surface area contributed by atoms with E-state index in [2.05, 4.69) is 22.6 Å². The van der Waals surface area contributed by atoms with Gasteiger partial charge in [0.25, 0.3) is 5.95 Å². The molecule has 0 aliphatic carbocycles. The van der Waals surface area contributed by atoms with Gasteiger partial charge in [0.15, 0.2) is 0 Å². The number of aliphatic hydroxyl groups is 1. The Morgan fingerprint density at radius 2 is 1.72 bits per heavy atom. The van der Waals surface area contributed by atoms with E-state index in [-0.39, 0.29) is 18.1 Å². The van der Waals surface area contributed by atoms with Crippen LogP contribution in [0.3, 0.4) is 0 Å². The van der Waals surface area contributed by atoms with Gasteiger partial charge in [-0.15, -0.1) is 4.31 Å². The minimum absolute atomic E-state index is 0.0314. The number of halogens is 1. The zero-order valence-electron chi connectivity index (χ0n) is 18.9. The molecule has 7 heteroatoms. The van der Waals surface area contributed by atoms with Gasteiger partial charge < -0.3 is 19.1 Å². The van der Waals surface area contributed by atoms with Gasteiger partial charge in [0.1, 0.15) is 16.9 Å². The molecule has 0 aromatic heterocycles. The number of hydrogen-bond donors (Lipinski definition) is 1. The number of nitrogens with zero attached hydrogens (tertiary/aromatic N) is 1. The van der Waals surface area contributed by atoms with Crippen molar-refractivity contribution in [3.05, 3.63) is 81.3 Å². The largest absolute Gasteiger partial charge is 0.597 e. The van der Waals surface area contributed by atoms with E-state index in [0.29, 0.717) is 19.8 Å². The normalized spacial score (nSPS) is 19.0. The molecular weight excluding hydrogens is 537 g/mol. The highest BCUT2D eigenvalue weighted by molar-refractivity contribution is 14.1. The summed E-state index contributed by atoms with van der Waals surface area (Å²) in [7, 11) is 0. The SMILES string of the molecule is CC(C)(C)[S@+]([O-])N(Cc1ccccc1)[C@@H](COCc1ccccc1)[C@@H]1CCC(I)=C(O)O1. The van der Waals surface area contributed by atoms with E-state index in [4.69, 9.17) is 9.47 Å². The lowest BCUT2D eigenvalue weighted by Gasteiger charge is -2.41. The van der Waals surface area contributed by atoms with Gasteiger partial charge in [0, 0.05) is 11.4 Å². The van der Waals surface area contributed by atoms with Gasteiger partial charge in [0.05, 0.1) is 23.3 Å². The molecule has 32 heavy (non-hydrogen) atoms. The van der Waals surface area contributed by atoms with Gasteiger partial charge in [-0.1, -0.05) is 60.7 Å². The Labute approximate surface area is 208 Å². The second kappa shape index (κ2) is 11.7. The Morgan fingerprint density at radius 1 is 1.12 bits per heavy atom. The standard InChI is InChI=1S/C25H32INO4S/c1-25(2,3)32(29)27(16-19-10-6-4-7-11-19)22(23-15-14-21(26)24(28)31-23)18-30-17-20-12-8-5-9-13-20/h4-13,22-23,28H,14-18H2,1-3H3/t22-,23-,32-/m0/s1. The van der Waals surface area contributed by atoms with Crippen molar-refractivity contribution >= 4 is 34.0 Å². The molecule has 0 spiro atoms. The number of ether oxygens (including phenoxy) is 2. The molecule has 2 aromatic carbocycles. The van der Waals surface area contributed by atoms with Gasteiger partial charge in [-0.2, -0.15) is 0 Å². The van der Waals surface area contributed by atoms with Crippen molar-refractivity contribution in [3.63, 3.8) is 0 Å². The smallest absolute Gasteiger partial charge is 0.286 e. The average molecular weight is 570 g/mol. The summed E-state index contributed by atoms with van der Waals surface area (Å²) in [6, 6.07) is 19.8. The Balaban J connectivity index is 1.86. The molecule has 1 aliphatic rings. The predicted molar refractivity (Wildman–Crippen MR) is 138 cm³/mol. The number of aliphatic hydroxyl groups excluding tert-OH is 1. The van der Waals surface area contributed by atoms with Crippen LogP contribution in [0.1, 0.15) is 44.7 Å². The summed E-state index contributed by atoms with van der Waals surface area (Å²) in [5.74, 6) is -0.0314. The third-order valence-corrected chi connectivity index (χ3v) is 8.14. The van der Waals surface area contributed by atoms with Crippen LogP contribution in [-0.2, 0) is 34.0 Å². The van der Waals surface area contributed by atoms with Crippen molar-refractivity contribution in [2.75, 3.05) is 6.61 Å². The predicted octanol–water partition coefficient (Wildman–Crippen LogP) is 5.88. The maximum atomic E-state index is 13.7. The second-order valence-corrected chi connectivity index (χ2v) is 12.4. The van der Waals surface area contributed by atoms with E-state index in [9.17, 15) is 9.66 Å². The number of rotatable bonds is 9. The lowest BCUT2D eigenvalue weighted by atomic mass is 10.0. The summed E-state index contributed by atoms with van der Waals surface area (Å²) >= 11 is 0.813. The summed E-state index contributed by atoms with van der Waals surface area (Å²) in [5.41, 5.74) is 2.16. The first kappa shape index (κ1) is 25.4. The van der Waals surface area contributed by atoms with Crippen LogP contribution in [-0.4, -0.2) is 37.5 Å². The lowest BCUT2D eigenvalue weighted by molar-refractivity contribution is -0.0488. The highest BCUT2D eigenvalue weighted by atomic mass is 127. The van der Waals surface area contributed by atoms with Crippen molar-refractivity contribution in [2.45, 2.75) is 63.7 Å². The fourth-order valence-electron chi connectivity index (χ4n) is 3.57. The third kappa shape index (κ3) is 7.12. The summed E-state index contributed by atoms with van der Waals surface area (Å²) in [6.07, 6.45) is 1.14. The molecule has 0 saturated heterocycles. The number of hydrogen-bond acceptors (Lipinski definition) is 5. The van der Waals surface area contributed by atoms with Gasteiger partial charge >= 0.3 is 0 Å². The monoisotopic (exact) mass is 569 g/mol. The van der Waals surface area contributed by atoms with E-state index in [0.717, 1.165) is 27.5 Å². The van der Waals surface area contributed by atoms with E-state index >= 15 is 0 Å². The van der Waals surface area contributed by atoms with Gasteiger partial charge in [-0.25, -0.2) is 0 Å². The molecular formula is C25H32INO4S. The van der Waals surface area contributed by atoms with Crippen molar-refractivity contribution in [1.29, 1.82) is 0 Å². The van der Waals surface area contributed by atoms with Crippen LogP contribution in [0.15, 0.2) is 70.2 Å². The maximum absolute atomic E-state index is 13.7. The van der Waals surface area contributed by atoms with Crippen LogP contribution in [0.5, 0.6) is 0 Å². The summed E-state index contributed by atoms with van der Waals surface area (Å²) in [4.78, 5) is 0. The summed E-state index contributed by atoms with van der Waals surface area (Å²) in [6.45, 7) is 7.25. The van der Waals surface area contributed by atoms with Gasteiger partial charge in [0.2, 0.25) is 0 Å². The molecule has 0 bridgehead atoms. The van der Waals surface area contributed by atoms with Crippen molar-refractivity contribution in [1.82, 2.24) is 4.31 Å². The van der Waals surface area contributed by atoms with E-state index in [1.807, 2.05) is 85.7 Å². The fourth-order valence-corrected chi connectivity index (χ4v) is 5.43. The topological polar surface area (TPSA) is 65.0 Å². The van der Waals surface area contributed by atoms with Crippen molar-refractivity contribution < 1.29 is 19.1 Å². The lowest BCUT2D eigenvalue weighted by Crippen LogP contribution is -2.54. The van der Waals surface area contributed by atoms with Gasteiger partial charge in [-0.05, 0) is 67.3 Å². The van der Waals surface area contributed by atoms with Gasteiger partial charge in [-0.3, -0.25) is 0 Å². The van der Waals surface area contributed by atoms with Crippen molar-refractivity contribution in [2.24, 2.45) is 0 Å². The molecule has 3 rings (SSSR count). The van der Waals surface area contributed by atoms with E-state index < -0.39 is 16.1 Å². The molecule has 0 saturated carbocycles. The Morgan fingerprint density at radius 3 is 2.28 bits per heavy atom. The third-order valence-electron chi connectivity index (χ3n) is 5.26. The van der Waals surface area contributed by atoms with Crippen LogP contribution >= 0.6 is 22.6 Å². The van der Waals surface area contributed by atoms with Crippen LogP contribution in [0.25, 0.3) is 0 Å². The van der Waals surface area contributed by atoms with E-state index in [1.54, 1.807) is 0 Å². The van der Waals surface area contributed by atoms with E-state index in [1.165, 1.54) is 0 Å². The summed E-state index contributed by atoms with van der Waals surface area (Å²) in [5, 5.41) is 10.3. The van der Waals surface area contributed by atoms with Crippen LogP contribution in [0, 0.1) is 0 Å². The molecule has 1 heterocycles. The second-order valence-electron chi connectivity index (χ2n) is 8.90. The molecule has 0 unspecified atom stereocenters. The van der Waals surface area contributed by atoms with Crippen LogP contribution < -0.4 is 0 Å². The zero-order valence-corrected chi connectivity index (χ0v) is 21.8. The first-order valence-electron chi connectivity index (χ1n) is 10.8. The number of benzene rings is 2. The molecule has 5 nitrogen and oxygen atoms in total. The van der Waals surface area contributed by atoms with Crippen molar-refractivity contribution in [3.8, 4) is 0 Å². The highest BCUT2D eigenvalue weighted by Gasteiger charge is 2.43. The molecule has 0 fully saturated rings. The molecule has 3 atom stereocenters. The molecule has 1 N–H and O–H groups in total. The van der Waals surface area contributed by atoms with Crippen LogP contribution in [0.2, 0.25) is 0 Å². The minimum Gasteiger partial charge on any atom is -0.597 e. The maximum Gasteiger partial charge on any atom is 0.286 e. The molecule has 174 valence electrons. The molecule has 0 radical (unpaired) electrons. The Hall–Kier alpha value is -1.26. The quantitative estimate of drug-likeness (QED) is 0.302. The Kier molecular flexibility index (Phi) is 9.31. The minimum atomic E-state index is -1.30. The van der Waals surface area contributed by atoms with Crippen LogP contribution in [0.4, 0.5) is 0 Å². The fraction of sp³-hybridized carbons (Fsp3) is 0.440. The first-order chi connectivity index (χ1) is 15.3. The Bertz CT molecular complexity index is 873. The first-order valence-corrected chi connectivity index (χ1v) is 13.0. The summed E-state index contributed by atoms with van der Waals surface area (Å²) < 4.78 is 28.1. The molecule has 0 amide bonds. The average Bonchev–Trinajstić information content (AvgIpc) is 2.78. The number of allylic oxidation sites excluding steroid dienone is 1. The molecule has 1 aliphatic heterocycles.